The quantitative estimate of drug-likeness (QED) is 0.0810. The lowest BCUT2D eigenvalue weighted by Gasteiger charge is -2.28. The van der Waals surface area contributed by atoms with E-state index in [0.717, 1.165) is 4.90 Å². The van der Waals surface area contributed by atoms with Gasteiger partial charge in [0.2, 0.25) is 17.7 Å². The summed E-state index contributed by atoms with van der Waals surface area (Å²) in [4.78, 5) is 53.6. The highest BCUT2D eigenvalue weighted by atomic mass is 16.4. The Balaban J connectivity index is 2.86. The highest BCUT2D eigenvalue weighted by Crippen LogP contribution is 2.18. The number of carbonyl (C=O) groups is 4. The molecule has 0 aliphatic carbocycles. The van der Waals surface area contributed by atoms with E-state index in [1.54, 1.807) is 0 Å². The number of aliphatic hydroxyl groups is 2. The minimum Gasteiger partial charge on any atom is -0.480 e. The Labute approximate surface area is 178 Å². The van der Waals surface area contributed by atoms with Crippen LogP contribution in [0, 0.1) is 0 Å². The molecule has 31 heavy (non-hydrogen) atoms. The monoisotopic (exact) mass is 445 g/mol. The largest absolute Gasteiger partial charge is 0.480 e. The highest BCUT2D eigenvalue weighted by molar-refractivity contribution is 5.94. The lowest BCUT2D eigenvalue weighted by molar-refractivity contribution is -0.150. The van der Waals surface area contributed by atoms with Gasteiger partial charge in [-0.2, -0.15) is 0 Å². The first-order valence-corrected chi connectivity index (χ1v) is 9.79. The second-order valence-corrected chi connectivity index (χ2v) is 7.07. The summed E-state index contributed by atoms with van der Waals surface area (Å²) in [5.74, 6) is -3.63. The molecule has 1 saturated heterocycles. The molecule has 11 N–H and O–H groups in total. The lowest BCUT2D eigenvalue weighted by Crippen LogP contribution is -2.58. The van der Waals surface area contributed by atoms with Crippen LogP contribution in [0.3, 0.4) is 0 Å². The van der Waals surface area contributed by atoms with Crippen LogP contribution in [-0.2, 0) is 19.2 Å². The van der Waals surface area contributed by atoms with Crippen LogP contribution in [0.25, 0.3) is 0 Å². The van der Waals surface area contributed by atoms with E-state index >= 15 is 0 Å². The number of nitrogens with one attached hydrogen (secondary N) is 2. The van der Waals surface area contributed by atoms with Crippen LogP contribution in [0.4, 0.5) is 0 Å². The van der Waals surface area contributed by atoms with E-state index in [9.17, 15) is 29.4 Å². The number of nitrogens with two attached hydrogens (primary N) is 3. The smallest absolute Gasteiger partial charge is 0.326 e. The minimum atomic E-state index is -1.39. The number of aliphatic carboxylic acids is 1. The van der Waals surface area contributed by atoms with Gasteiger partial charge in [0, 0.05) is 13.1 Å². The molecule has 176 valence electrons. The van der Waals surface area contributed by atoms with Gasteiger partial charge in [-0.15, -0.1) is 0 Å². The van der Waals surface area contributed by atoms with Gasteiger partial charge < -0.3 is 48.1 Å². The van der Waals surface area contributed by atoms with Crippen LogP contribution in [0.5, 0.6) is 0 Å². The number of carbonyl (C=O) groups excluding carboxylic acids is 3. The maximum absolute atomic E-state index is 12.7. The third-order valence-electron chi connectivity index (χ3n) is 4.73. The van der Waals surface area contributed by atoms with E-state index in [2.05, 4.69) is 15.6 Å². The number of nitrogens with zero attached hydrogens (tertiary/aromatic N) is 2. The molecule has 0 spiro atoms. The standard InChI is InChI=1S/C17H31N7O7/c18-9(7-25)13(27)22-10(3-1-5-21-17(19)20)14(28)23-11(8-26)15(29)24-6-2-4-12(24)16(30)31/h9-12,25-26H,1-8,18H2,(H,22,27)(H,23,28)(H,30,31)(H4,19,20,21). The van der Waals surface area contributed by atoms with Crippen molar-refractivity contribution in [2.45, 2.75) is 49.9 Å². The number of carboxylic acids is 1. The van der Waals surface area contributed by atoms with Crippen molar-refractivity contribution in [3.8, 4) is 0 Å². The van der Waals surface area contributed by atoms with E-state index in [0.29, 0.717) is 6.42 Å². The van der Waals surface area contributed by atoms with Gasteiger partial charge in [0.15, 0.2) is 5.96 Å². The van der Waals surface area contributed by atoms with Gasteiger partial charge in [0.1, 0.15) is 24.2 Å². The van der Waals surface area contributed by atoms with Crippen LogP contribution in [0.15, 0.2) is 4.99 Å². The molecule has 1 aliphatic rings. The summed E-state index contributed by atoms with van der Waals surface area (Å²) in [6.07, 6.45) is 1.11. The Bertz CT molecular complexity index is 684. The second-order valence-electron chi connectivity index (χ2n) is 7.07. The van der Waals surface area contributed by atoms with Crippen molar-refractivity contribution in [2.24, 2.45) is 22.2 Å². The number of likely N-dealkylation sites (tertiary alicyclic amines) is 1. The molecule has 1 heterocycles. The summed E-state index contributed by atoms with van der Waals surface area (Å²) in [6.45, 7) is -1.05. The van der Waals surface area contributed by atoms with Crippen LogP contribution in [-0.4, -0.2) is 100 Å². The van der Waals surface area contributed by atoms with E-state index in [1.165, 1.54) is 0 Å². The Morgan fingerprint density at radius 3 is 2.26 bits per heavy atom. The number of carboxylic acid groups (broad SMARTS) is 1. The Morgan fingerprint density at radius 1 is 1.06 bits per heavy atom. The number of guanidine groups is 1. The number of rotatable bonds is 12. The average molecular weight is 445 g/mol. The Morgan fingerprint density at radius 2 is 1.71 bits per heavy atom. The zero-order valence-corrected chi connectivity index (χ0v) is 17.1. The van der Waals surface area contributed by atoms with Crippen LogP contribution < -0.4 is 27.8 Å². The average Bonchev–Trinajstić information content (AvgIpc) is 3.22. The molecule has 0 radical (unpaired) electrons. The van der Waals surface area contributed by atoms with Crippen molar-refractivity contribution >= 4 is 29.7 Å². The minimum absolute atomic E-state index is 0.0697. The van der Waals surface area contributed by atoms with Gasteiger partial charge in [0.05, 0.1) is 13.2 Å². The number of aliphatic imine (C=N–C) groups is 1. The van der Waals surface area contributed by atoms with Gasteiger partial charge in [-0.1, -0.05) is 0 Å². The Hall–Kier alpha value is -2.97. The zero-order chi connectivity index (χ0) is 23.6. The zero-order valence-electron chi connectivity index (χ0n) is 17.1. The molecular weight excluding hydrogens is 414 g/mol. The molecule has 0 bridgehead atoms. The van der Waals surface area contributed by atoms with Crippen molar-refractivity contribution in [1.82, 2.24) is 15.5 Å². The van der Waals surface area contributed by atoms with Crippen molar-refractivity contribution in [2.75, 3.05) is 26.3 Å². The topological polar surface area (TPSA) is 247 Å². The summed E-state index contributed by atoms with van der Waals surface area (Å²) >= 11 is 0. The molecule has 0 aromatic heterocycles. The molecule has 4 unspecified atom stereocenters. The van der Waals surface area contributed by atoms with Crippen molar-refractivity contribution in [3.05, 3.63) is 0 Å². The summed E-state index contributed by atoms with van der Waals surface area (Å²) < 4.78 is 0. The van der Waals surface area contributed by atoms with Gasteiger partial charge in [-0.25, -0.2) is 4.79 Å². The fourth-order valence-electron chi connectivity index (χ4n) is 3.08. The number of amides is 3. The van der Waals surface area contributed by atoms with Gasteiger partial charge >= 0.3 is 5.97 Å². The maximum Gasteiger partial charge on any atom is 0.326 e. The van der Waals surface area contributed by atoms with Crippen molar-refractivity contribution in [3.63, 3.8) is 0 Å². The number of hydrogen-bond acceptors (Lipinski definition) is 8. The van der Waals surface area contributed by atoms with E-state index in [-0.39, 0.29) is 38.3 Å². The summed E-state index contributed by atoms with van der Waals surface area (Å²) in [7, 11) is 0. The van der Waals surface area contributed by atoms with Gasteiger partial charge in [0.25, 0.3) is 0 Å². The van der Waals surface area contributed by atoms with Gasteiger partial charge in [-0.3, -0.25) is 19.4 Å². The van der Waals surface area contributed by atoms with Crippen LogP contribution in [0.2, 0.25) is 0 Å². The number of hydrogen-bond donors (Lipinski definition) is 8. The Kier molecular flexibility index (Phi) is 10.6. The molecule has 1 fully saturated rings. The molecule has 0 saturated carbocycles. The molecule has 14 heteroatoms. The molecule has 1 rings (SSSR count). The molecular formula is C17H31N7O7. The molecule has 0 aromatic carbocycles. The molecule has 3 amide bonds. The third kappa shape index (κ3) is 7.99. The molecule has 4 atom stereocenters. The summed E-state index contributed by atoms with van der Waals surface area (Å²) in [5, 5.41) is 32.6. The fraction of sp³-hybridized carbons (Fsp3) is 0.706. The molecule has 14 nitrogen and oxygen atoms in total. The fourth-order valence-corrected chi connectivity index (χ4v) is 3.08. The van der Waals surface area contributed by atoms with E-state index in [1.807, 2.05) is 0 Å². The van der Waals surface area contributed by atoms with E-state index < -0.39 is 61.1 Å². The predicted molar refractivity (Wildman–Crippen MR) is 108 cm³/mol. The lowest BCUT2D eigenvalue weighted by atomic mass is 10.1. The summed E-state index contributed by atoms with van der Waals surface area (Å²) in [5.41, 5.74) is 15.9. The van der Waals surface area contributed by atoms with Crippen molar-refractivity contribution in [1.29, 1.82) is 0 Å². The normalized spacial score (nSPS) is 18.5. The molecule has 1 aliphatic heterocycles. The SMILES string of the molecule is NC(N)=NCCCC(NC(=O)C(N)CO)C(=O)NC(CO)C(=O)N1CCCC1C(=O)O. The van der Waals surface area contributed by atoms with Gasteiger partial charge in [-0.05, 0) is 25.7 Å². The van der Waals surface area contributed by atoms with Crippen molar-refractivity contribution < 1.29 is 34.5 Å². The highest BCUT2D eigenvalue weighted by Gasteiger charge is 2.38. The predicted octanol–water partition coefficient (Wildman–Crippen LogP) is -4.60. The first-order valence-electron chi connectivity index (χ1n) is 9.79. The third-order valence-corrected chi connectivity index (χ3v) is 4.73. The molecule has 0 aromatic rings. The van der Waals surface area contributed by atoms with Crippen LogP contribution in [0.1, 0.15) is 25.7 Å². The maximum atomic E-state index is 12.7. The first-order chi connectivity index (χ1) is 14.6. The summed E-state index contributed by atoms with van der Waals surface area (Å²) in [6, 6.07) is -4.84. The number of aliphatic hydroxyl groups excluding tert-OH is 2. The van der Waals surface area contributed by atoms with E-state index in [4.69, 9.17) is 22.3 Å². The second kappa shape index (κ2) is 12.7. The first kappa shape index (κ1) is 26.1. The van der Waals surface area contributed by atoms with Crippen LogP contribution >= 0.6 is 0 Å².